The zero-order valence-corrected chi connectivity index (χ0v) is 41.0. The zero-order chi connectivity index (χ0) is 50.1. The molecule has 0 saturated carbocycles. The third-order valence-corrected chi connectivity index (χ3v) is 13.2. The Morgan fingerprint density at radius 1 is 0.864 bits per heavy atom. The Morgan fingerprint density at radius 3 is 2.06 bits per heavy atom. The minimum Gasteiger partial charge on any atom is -0.396 e. The first-order valence-electron chi connectivity index (χ1n) is 21.2. The lowest BCUT2D eigenvalue weighted by Gasteiger charge is -2.27. The number of aliphatic imine (C=N–C) groups is 1. The molecule has 5 N–H and O–H groups in total. The van der Waals surface area contributed by atoms with Gasteiger partial charge in [-0.3, -0.25) is 23.5 Å². The van der Waals surface area contributed by atoms with Crippen molar-refractivity contribution in [3.8, 4) is 0 Å². The quantitative estimate of drug-likeness (QED) is 0.0313. The lowest BCUT2D eigenvalue weighted by Crippen LogP contribution is -2.37. The number of sulfone groups is 1. The van der Waals surface area contributed by atoms with E-state index < -0.39 is 58.5 Å². The summed E-state index contributed by atoms with van der Waals surface area (Å²) in [4.78, 5) is 53.8. The first-order valence-corrected chi connectivity index (χ1v) is 26.3. The summed E-state index contributed by atoms with van der Waals surface area (Å²) in [6, 6.07) is 5.96. The van der Waals surface area contributed by atoms with Gasteiger partial charge in [0, 0.05) is 42.6 Å². The average Bonchev–Trinajstić information content (AvgIpc) is 3.61. The summed E-state index contributed by atoms with van der Waals surface area (Å²) in [5, 5.41) is 8.71. The van der Waals surface area contributed by atoms with Gasteiger partial charge in [-0.05, 0) is 86.5 Å². The standard InChI is InChI=1S/C32H40N4O9S3.C8H13NO5.C4H10/c1-31(2)25-19-22(29(33)37)21-35(15-9-17-46(5,38)39)30(25)34-27(31)11-7-6-8-12-28-32(3,4)24-20-23(48(43,44)45)13-14-26(24)36(28)16-10-18-47(40,41)42;10-5-3-1-2-4-8(13)14-9(6-11)7-12;1-3-4-2/h6-8,11-14,19-21H,9-10,15-18H2,1-5H3,(H3-,33,37,40,41,42,43,44,45);6-7,10H,1-5H2;3-4H2,1-2H3/p+1. The number of fused-ring (bicyclic) bond motifs is 2. The molecule has 1 aromatic heterocycles. The van der Waals surface area contributed by atoms with Crippen molar-refractivity contribution in [2.75, 3.05) is 35.8 Å². The molecule has 0 spiro atoms. The third kappa shape index (κ3) is 17.3. The van der Waals surface area contributed by atoms with Crippen LogP contribution in [0.2, 0.25) is 0 Å². The van der Waals surface area contributed by atoms with Crippen molar-refractivity contribution in [3.05, 3.63) is 83.2 Å². The van der Waals surface area contributed by atoms with E-state index in [1.807, 2.05) is 44.7 Å². The second-order valence-electron chi connectivity index (χ2n) is 16.6. The van der Waals surface area contributed by atoms with Crippen LogP contribution in [-0.2, 0) is 66.7 Å². The third-order valence-electron chi connectivity index (χ3n) is 10.5. The number of nitrogens with zero attached hydrogens (tertiary/aromatic N) is 4. The maximum atomic E-state index is 12.1. The van der Waals surface area contributed by atoms with Crippen molar-refractivity contribution >= 4 is 72.0 Å². The number of carbonyl (C=O) groups excluding carboxylic acids is 4. The Balaban J connectivity index is 0.000000699. The Bertz CT molecular complexity index is 2500. The van der Waals surface area contributed by atoms with Gasteiger partial charge in [0.05, 0.1) is 39.5 Å². The van der Waals surface area contributed by atoms with Gasteiger partial charge in [-0.15, -0.1) is 5.06 Å². The van der Waals surface area contributed by atoms with Crippen molar-refractivity contribution in [2.45, 2.75) is 115 Å². The molecule has 0 fully saturated rings. The van der Waals surface area contributed by atoms with Gasteiger partial charge in [0.1, 0.15) is 16.0 Å². The normalized spacial score (nSPS) is 15.6. The molecular weight excluding hydrogens is 919 g/mol. The number of carbonyl (C=O) groups is 4. The second kappa shape index (κ2) is 25.1. The molecule has 22 heteroatoms. The maximum absolute atomic E-state index is 12.1. The number of hydrogen-bond donors (Lipinski definition) is 4. The number of hydrogen-bond acceptors (Lipinski definition) is 14. The number of amides is 3. The number of anilines is 1. The predicted molar refractivity (Wildman–Crippen MR) is 250 cm³/mol. The molecule has 0 atom stereocenters. The molecule has 0 radical (unpaired) electrons. The largest absolute Gasteiger partial charge is 0.396 e. The highest BCUT2D eigenvalue weighted by atomic mass is 32.2. The highest BCUT2D eigenvalue weighted by Gasteiger charge is 2.43. The van der Waals surface area contributed by atoms with Gasteiger partial charge in [0.15, 0.2) is 5.71 Å². The molecular formula is C44H64N5O14S3+. The average molecular weight is 983 g/mol. The first-order chi connectivity index (χ1) is 30.7. The Labute approximate surface area is 388 Å². The fourth-order valence-electron chi connectivity index (χ4n) is 6.77. The van der Waals surface area contributed by atoms with Gasteiger partial charge in [0.25, 0.3) is 39.0 Å². The number of unbranched alkanes of at least 4 members (excludes halogenated alkanes) is 3. The lowest BCUT2D eigenvalue weighted by atomic mass is 9.81. The maximum Gasteiger partial charge on any atom is 0.333 e. The molecule has 0 saturated heterocycles. The summed E-state index contributed by atoms with van der Waals surface area (Å²) < 4.78 is 90.5. The van der Waals surface area contributed by atoms with Gasteiger partial charge in [-0.25, -0.2) is 17.8 Å². The minimum absolute atomic E-state index is 0.0166. The molecule has 1 aromatic carbocycles. The van der Waals surface area contributed by atoms with E-state index in [4.69, 9.17) is 15.8 Å². The van der Waals surface area contributed by atoms with Gasteiger partial charge in [0.2, 0.25) is 0 Å². The van der Waals surface area contributed by atoms with E-state index in [1.54, 1.807) is 41.1 Å². The molecule has 2 aliphatic rings. The smallest absolute Gasteiger partial charge is 0.333 e. The summed E-state index contributed by atoms with van der Waals surface area (Å²) in [6.07, 6.45) is 17.1. The minimum atomic E-state index is -4.46. The van der Waals surface area contributed by atoms with Crippen LogP contribution in [0.5, 0.6) is 0 Å². The lowest BCUT2D eigenvalue weighted by molar-refractivity contribution is -0.684. The molecule has 0 unspecified atom stereocenters. The molecule has 2 aromatic rings. The van der Waals surface area contributed by atoms with Crippen LogP contribution in [0.25, 0.3) is 0 Å². The van der Waals surface area contributed by atoms with Crippen molar-refractivity contribution in [3.63, 3.8) is 0 Å². The Kier molecular flexibility index (Phi) is 21.7. The number of hydroxylamine groups is 2. The number of nitrogens with two attached hydrogens (primary N) is 1. The Hall–Kier alpha value is -5.13. The summed E-state index contributed by atoms with van der Waals surface area (Å²) in [7, 11) is -11.8. The molecule has 2 aliphatic heterocycles. The summed E-state index contributed by atoms with van der Waals surface area (Å²) in [5.74, 6) is -1.10. The number of rotatable bonds is 22. The molecule has 3 amide bonds. The number of benzene rings is 1. The van der Waals surface area contributed by atoms with Gasteiger partial charge in [-0.1, -0.05) is 65.2 Å². The Morgan fingerprint density at radius 2 is 1.52 bits per heavy atom. The van der Waals surface area contributed by atoms with Crippen molar-refractivity contribution in [1.82, 2.24) is 5.06 Å². The number of imide groups is 1. The van der Waals surface area contributed by atoms with Crippen LogP contribution < -0.4 is 15.2 Å². The summed E-state index contributed by atoms with van der Waals surface area (Å²) in [5.41, 5.74) is 8.05. The first kappa shape index (κ1) is 57.0. The monoisotopic (exact) mass is 982 g/mol. The fourth-order valence-corrected chi connectivity index (χ4v) is 8.43. The SMILES string of the molecule is CC1(C)C(/C=C/C=C/C=C2/N(CCCS(=O)(=O)O)c3ccc(S(=O)(=O)O)cc3C2(C)C)=Nc2c1cc(C(N)=O)c[n+]2CCCS(C)(=O)=O.CCCC.O=CN(C=O)OC(=O)CCCCCO. The van der Waals surface area contributed by atoms with Crippen LogP contribution in [0.3, 0.4) is 0 Å². The molecule has 366 valence electrons. The number of aliphatic hydroxyl groups is 1. The van der Waals surface area contributed by atoms with Crippen LogP contribution in [0.1, 0.15) is 114 Å². The molecule has 66 heavy (non-hydrogen) atoms. The highest BCUT2D eigenvalue weighted by Crippen LogP contribution is 2.48. The molecule has 19 nitrogen and oxygen atoms in total. The molecule has 0 aliphatic carbocycles. The van der Waals surface area contributed by atoms with E-state index in [2.05, 4.69) is 18.7 Å². The molecule has 0 bridgehead atoms. The van der Waals surface area contributed by atoms with Crippen LogP contribution in [0, 0.1) is 0 Å². The van der Waals surface area contributed by atoms with E-state index in [0.717, 1.165) is 11.3 Å². The number of aryl methyl sites for hydroxylation is 1. The van der Waals surface area contributed by atoms with Crippen molar-refractivity contribution in [1.29, 1.82) is 0 Å². The summed E-state index contributed by atoms with van der Waals surface area (Å²) in [6.45, 7) is 12.7. The van der Waals surface area contributed by atoms with E-state index in [9.17, 15) is 53.5 Å². The predicted octanol–water partition coefficient (Wildman–Crippen LogP) is 4.61. The van der Waals surface area contributed by atoms with Gasteiger partial charge < -0.3 is 20.6 Å². The fraction of sp³-hybridized carbons (Fsp3) is 0.500. The summed E-state index contributed by atoms with van der Waals surface area (Å²) >= 11 is 0. The second-order valence-corrected chi connectivity index (χ2v) is 21.8. The van der Waals surface area contributed by atoms with E-state index in [1.165, 1.54) is 31.2 Å². The van der Waals surface area contributed by atoms with E-state index in [0.29, 0.717) is 55.0 Å². The van der Waals surface area contributed by atoms with Crippen molar-refractivity contribution in [2.24, 2.45) is 10.7 Å². The molecule has 4 rings (SSSR count). The van der Waals surface area contributed by atoms with Gasteiger partial charge >= 0.3 is 11.8 Å². The number of aliphatic hydroxyl groups excluding tert-OH is 1. The highest BCUT2D eigenvalue weighted by molar-refractivity contribution is 7.90. The zero-order valence-electron chi connectivity index (χ0n) is 38.5. The molecule has 3 heterocycles. The van der Waals surface area contributed by atoms with Crippen LogP contribution in [-0.4, -0.2) is 106 Å². The number of allylic oxidation sites excluding steroid dienone is 6. The van der Waals surface area contributed by atoms with Crippen molar-refractivity contribution < 1.29 is 68.0 Å². The number of pyridine rings is 1. The van der Waals surface area contributed by atoms with E-state index >= 15 is 0 Å². The van der Waals surface area contributed by atoms with Crippen LogP contribution >= 0.6 is 0 Å². The number of primary amides is 1. The van der Waals surface area contributed by atoms with Crippen LogP contribution in [0.15, 0.2) is 76.4 Å². The van der Waals surface area contributed by atoms with E-state index in [-0.39, 0.29) is 60.1 Å². The number of aromatic nitrogens is 1. The van der Waals surface area contributed by atoms with Gasteiger partial charge in [-0.2, -0.15) is 16.8 Å². The van der Waals surface area contributed by atoms with Crippen LogP contribution in [0.4, 0.5) is 11.5 Å². The topological polar surface area (TPSA) is 289 Å².